The molecule has 1 saturated carbocycles. The molecule has 5 heteroatoms. The van der Waals surface area contributed by atoms with Gasteiger partial charge in [0.25, 0.3) is 0 Å². The number of nitrogens with zero attached hydrogens (tertiary/aromatic N) is 4. The minimum atomic E-state index is -0.517. The van der Waals surface area contributed by atoms with Crippen molar-refractivity contribution in [1.29, 1.82) is 0 Å². The summed E-state index contributed by atoms with van der Waals surface area (Å²) in [5, 5.41) is 21.4. The van der Waals surface area contributed by atoms with Crippen LogP contribution in [0.4, 0.5) is 0 Å². The zero-order chi connectivity index (χ0) is 9.26. The Kier molecular flexibility index (Phi) is 2.26. The molecule has 13 heavy (non-hydrogen) atoms. The van der Waals surface area contributed by atoms with Crippen LogP contribution >= 0.6 is 0 Å². The maximum Gasteiger partial charge on any atom is 0.203 e. The molecular weight excluding hydrogens is 168 g/mol. The Morgan fingerprint density at radius 2 is 2.15 bits per heavy atom. The number of hydrogen-bond donors (Lipinski definition) is 1. The van der Waals surface area contributed by atoms with E-state index in [0.717, 1.165) is 12.8 Å². The number of aryl methyl sites for hydroxylation is 1. The quantitative estimate of drug-likeness (QED) is 0.720. The minimum absolute atomic E-state index is 0.337. The standard InChI is InChI=1S/C8H14N4O/c1-12-10-8(9-11-12)7(13)6-4-2-3-5-6/h6-7,13H,2-5H2,1H3. The number of rotatable bonds is 2. The maximum atomic E-state index is 9.86. The molecule has 1 aliphatic rings. The predicted molar refractivity (Wildman–Crippen MR) is 45.7 cm³/mol. The first-order valence-corrected chi connectivity index (χ1v) is 4.69. The average Bonchev–Trinajstić information content (AvgIpc) is 2.72. The van der Waals surface area contributed by atoms with E-state index < -0.39 is 6.10 Å². The van der Waals surface area contributed by atoms with Crippen molar-refractivity contribution in [2.24, 2.45) is 13.0 Å². The largest absolute Gasteiger partial charge is 0.385 e. The number of aliphatic hydroxyl groups is 1. The number of aliphatic hydroxyl groups excluding tert-OH is 1. The van der Waals surface area contributed by atoms with Crippen LogP contribution < -0.4 is 0 Å². The van der Waals surface area contributed by atoms with Gasteiger partial charge in [0, 0.05) is 0 Å². The van der Waals surface area contributed by atoms with E-state index in [1.807, 2.05) is 0 Å². The van der Waals surface area contributed by atoms with Crippen LogP contribution in [0.3, 0.4) is 0 Å². The normalized spacial score (nSPS) is 20.8. The predicted octanol–water partition coefficient (Wildman–Crippen LogP) is 0.434. The van der Waals surface area contributed by atoms with Crippen molar-refractivity contribution in [1.82, 2.24) is 20.2 Å². The van der Waals surface area contributed by atoms with Gasteiger partial charge >= 0.3 is 0 Å². The second-order valence-corrected chi connectivity index (χ2v) is 3.63. The third-order valence-corrected chi connectivity index (χ3v) is 2.63. The van der Waals surface area contributed by atoms with E-state index in [9.17, 15) is 5.11 Å². The van der Waals surface area contributed by atoms with Crippen molar-refractivity contribution in [2.45, 2.75) is 31.8 Å². The summed E-state index contributed by atoms with van der Waals surface area (Å²) in [6.45, 7) is 0. The fraction of sp³-hybridized carbons (Fsp3) is 0.875. The maximum absolute atomic E-state index is 9.86. The van der Waals surface area contributed by atoms with Crippen molar-refractivity contribution in [3.63, 3.8) is 0 Å². The molecule has 1 atom stereocenters. The molecule has 0 radical (unpaired) electrons. The van der Waals surface area contributed by atoms with Gasteiger partial charge in [-0.05, 0) is 24.0 Å². The molecule has 0 spiro atoms. The van der Waals surface area contributed by atoms with Crippen molar-refractivity contribution in [2.75, 3.05) is 0 Å². The monoisotopic (exact) mass is 182 g/mol. The zero-order valence-corrected chi connectivity index (χ0v) is 7.72. The summed E-state index contributed by atoms with van der Waals surface area (Å²) in [7, 11) is 1.71. The number of aromatic nitrogens is 4. The molecule has 0 amide bonds. The highest BCUT2D eigenvalue weighted by Crippen LogP contribution is 2.33. The minimum Gasteiger partial charge on any atom is -0.385 e. The lowest BCUT2D eigenvalue weighted by molar-refractivity contribution is 0.102. The highest BCUT2D eigenvalue weighted by molar-refractivity contribution is 4.89. The molecule has 1 aromatic rings. The van der Waals surface area contributed by atoms with Crippen LogP contribution in [0.1, 0.15) is 37.6 Å². The van der Waals surface area contributed by atoms with Gasteiger partial charge in [0.2, 0.25) is 5.82 Å². The molecule has 0 saturated heterocycles. The Labute approximate surface area is 76.8 Å². The van der Waals surface area contributed by atoms with Crippen molar-refractivity contribution < 1.29 is 5.11 Å². The van der Waals surface area contributed by atoms with Crippen molar-refractivity contribution in [3.05, 3.63) is 5.82 Å². The van der Waals surface area contributed by atoms with Gasteiger partial charge in [-0.25, -0.2) is 0 Å². The van der Waals surface area contributed by atoms with E-state index in [4.69, 9.17) is 0 Å². The SMILES string of the molecule is Cn1nnc(C(O)C2CCCC2)n1. The molecule has 1 N–H and O–H groups in total. The summed E-state index contributed by atoms with van der Waals surface area (Å²) in [6, 6.07) is 0. The van der Waals surface area contributed by atoms with Gasteiger partial charge in [-0.2, -0.15) is 4.80 Å². The van der Waals surface area contributed by atoms with Gasteiger partial charge in [-0.3, -0.25) is 0 Å². The van der Waals surface area contributed by atoms with E-state index in [2.05, 4.69) is 15.4 Å². The Morgan fingerprint density at radius 1 is 1.46 bits per heavy atom. The third-order valence-electron chi connectivity index (χ3n) is 2.63. The van der Waals surface area contributed by atoms with Crippen molar-refractivity contribution in [3.8, 4) is 0 Å². The fourth-order valence-electron chi connectivity index (χ4n) is 1.90. The van der Waals surface area contributed by atoms with Gasteiger partial charge in [-0.15, -0.1) is 10.2 Å². The number of tetrazole rings is 1. The molecule has 2 rings (SSSR count). The molecule has 1 aliphatic carbocycles. The first kappa shape index (κ1) is 8.62. The van der Waals surface area contributed by atoms with Crippen LogP contribution in [0.2, 0.25) is 0 Å². The van der Waals surface area contributed by atoms with E-state index in [-0.39, 0.29) is 0 Å². The summed E-state index contributed by atoms with van der Waals surface area (Å²) in [5.41, 5.74) is 0. The lowest BCUT2D eigenvalue weighted by Crippen LogP contribution is -2.11. The molecule has 5 nitrogen and oxygen atoms in total. The summed E-state index contributed by atoms with van der Waals surface area (Å²) in [5.74, 6) is 0.804. The topological polar surface area (TPSA) is 63.8 Å². The van der Waals surface area contributed by atoms with Gasteiger partial charge in [-0.1, -0.05) is 12.8 Å². The second-order valence-electron chi connectivity index (χ2n) is 3.63. The van der Waals surface area contributed by atoms with Crippen LogP contribution in [0, 0.1) is 5.92 Å². The molecule has 1 unspecified atom stereocenters. The van der Waals surface area contributed by atoms with E-state index in [0.29, 0.717) is 11.7 Å². The first-order chi connectivity index (χ1) is 6.27. The van der Waals surface area contributed by atoms with E-state index in [1.54, 1.807) is 7.05 Å². The number of hydrogen-bond acceptors (Lipinski definition) is 4. The van der Waals surface area contributed by atoms with Gasteiger partial charge in [0.15, 0.2) is 0 Å². The van der Waals surface area contributed by atoms with Crippen LogP contribution in [-0.4, -0.2) is 25.3 Å². The second kappa shape index (κ2) is 3.41. The van der Waals surface area contributed by atoms with Gasteiger partial charge in [0.1, 0.15) is 6.10 Å². The fourth-order valence-corrected chi connectivity index (χ4v) is 1.90. The Balaban J connectivity index is 2.07. The molecule has 72 valence electrons. The van der Waals surface area contributed by atoms with Crippen LogP contribution in [0.5, 0.6) is 0 Å². The molecule has 1 heterocycles. The smallest absolute Gasteiger partial charge is 0.203 e. The molecular formula is C8H14N4O. The highest BCUT2D eigenvalue weighted by atomic mass is 16.3. The summed E-state index contributed by atoms with van der Waals surface area (Å²) in [4.78, 5) is 1.38. The highest BCUT2D eigenvalue weighted by Gasteiger charge is 2.27. The Hall–Kier alpha value is -0.970. The van der Waals surface area contributed by atoms with Crippen LogP contribution in [-0.2, 0) is 7.05 Å². The van der Waals surface area contributed by atoms with E-state index >= 15 is 0 Å². The average molecular weight is 182 g/mol. The van der Waals surface area contributed by atoms with Gasteiger partial charge < -0.3 is 5.11 Å². The molecule has 0 aromatic carbocycles. The lowest BCUT2D eigenvalue weighted by Gasteiger charge is -2.12. The zero-order valence-electron chi connectivity index (χ0n) is 7.72. The molecule has 1 aromatic heterocycles. The summed E-state index contributed by atoms with van der Waals surface area (Å²) in [6.07, 6.45) is 4.07. The lowest BCUT2D eigenvalue weighted by atomic mass is 10.0. The summed E-state index contributed by atoms with van der Waals surface area (Å²) >= 11 is 0. The Bertz CT molecular complexity index is 279. The third kappa shape index (κ3) is 1.70. The van der Waals surface area contributed by atoms with Crippen LogP contribution in [0.15, 0.2) is 0 Å². The first-order valence-electron chi connectivity index (χ1n) is 4.69. The van der Waals surface area contributed by atoms with Crippen molar-refractivity contribution >= 4 is 0 Å². The molecule has 0 aliphatic heterocycles. The molecule has 0 bridgehead atoms. The van der Waals surface area contributed by atoms with Crippen LogP contribution in [0.25, 0.3) is 0 Å². The molecule has 1 fully saturated rings. The Morgan fingerprint density at radius 3 is 2.69 bits per heavy atom. The van der Waals surface area contributed by atoms with E-state index in [1.165, 1.54) is 17.6 Å². The van der Waals surface area contributed by atoms with Gasteiger partial charge in [0.05, 0.1) is 7.05 Å². The summed E-state index contributed by atoms with van der Waals surface area (Å²) < 4.78 is 0.